The predicted molar refractivity (Wildman–Crippen MR) is 75.8 cm³/mol. The molecule has 0 bridgehead atoms. The second-order valence-corrected chi connectivity index (χ2v) is 5.06. The Balaban J connectivity index is 0.000000200. The van der Waals surface area contributed by atoms with Crippen molar-refractivity contribution in [2.24, 2.45) is 0 Å². The van der Waals surface area contributed by atoms with Crippen molar-refractivity contribution in [1.29, 1.82) is 0 Å². The van der Waals surface area contributed by atoms with Crippen molar-refractivity contribution in [2.45, 2.75) is 0 Å². The zero-order valence-corrected chi connectivity index (χ0v) is 12.5. The highest BCUT2D eigenvalue weighted by molar-refractivity contribution is 6.57. The van der Waals surface area contributed by atoms with Crippen LogP contribution in [0.2, 0.25) is 0 Å². The summed E-state index contributed by atoms with van der Waals surface area (Å²) < 4.78 is 0. The van der Waals surface area contributed by atoms with Gasteiger partial charge in [-0.25, -0.2) is 0 Å². The quantitative estimate of drug-likeness (QED) is 0.628. The number of hydrogen-bond acceptors (Lipinski definition) is 4. The van der Waals surface area contributed by atoms with Crippen LogP contribution in [0.3, 0.4) is 0 Å². The van der Waals surface area contributed by atoms with Gasteiger partial charge in [0.15, 0.2) is 17.3 Å². The van der Waals surface area contributed by atoms with Gasteiger partial charge in [-0.2, -0.15) is 0 Å². The van der Waals surface area contributed by atoms with Crippen LogP contribution in [0.25, 0.3) is 0 Å². The Morgan fingerprint density at radius 3 is 1.25 bits per heavy atom. The number of carbonyl (C=O) groups is 4. The predicted octanol–water partition coefficient (Wildman–Crippen LogP) is 2.77. The van der Waals surface area contributed by atoms with Crippen molar-refractivity contribution in [3.05, 3.63) is 44.4 Å². The second-order valence-electron chi connectivity index (χ2n) is 3.43. The fourth-order valence-electron chi connectivity index (χ4n) is 1.05. The number of ketones is 4. The highest BCUT2D eigenvalue weighted by Crippen LogP contribution is 2.18. The van der Waals surface area contributed by atoms with E-state index < -0.39 is 17.3 Å². The van der Waals surface area contributed by atoms with Crippen LogP contribution >= 0.6 is 46.4 Å². The SMILES string of the molecule is O=C1C=C(Cl)C(=O)C(Cl)=C1.O=C1C=C(Cl)C(=O)C=C1Cl. The second kappa shape index (κ2) is 6.99. The third-order valence-corrected chi connectivity index (χ3v) is 3.11. The maximum Gasteiger partial charge on any atom is 0.215 e. The molecule has 4 nitrogen and oxygen atoms in total. The Bertz CT molecular complexity index is 586. The highest BCUT2D eigenvalue weighted by atomic mass is 35.5. The van der Waals surface area contributed by atoms with Gasteiger partial charge in [0, 0.05) is 24.3 Å². The summed E-state index contributed by atoms with van der Waals surface area (Å²) >= 11 is 21.3. The lowest BCUT2D eigenvalue weighted by Crippen LogP contribution is -2.07. The van der Waals surface area contributed by atoms with Crippen molar-refractivity contribution < 1.29 is 19.2 Å². The number of carbonyl (C=O) groups excluding carboxylic acids is 4. The third kappa shape index (κ3) is 4.42. The standard InChI is InChI=1S/2C6H2Cl2O2/c7-3-1-5(9)4(8)2-6(3)10;7-4-1-3(9)2-5(8)6(4)10/h2*1-2H. The lowest BCUT2D eigenvalue weighted by atomic mass is 10.2. The molecule has 0 heterocycles. The van der Waals surface area contributed by atoms with Gasteiger partial charge in [0.1, 0.15) is 0 Å². The maximum absolute atomic E-state index is 10.7. The number of hydrogen-bond donors (Lipinski definition) is 0. The molecule has 2 aliphatic rings. The van der Waals surface area contributed by atoms with Gasteiger partial charge in [0.25, 0.3) is 0 Å². The number of allylic oxidation sites excluding steroid dienone is 8. The molecule has 0 saturated carbocycles. The molecule has 0 aromatic heterocycles. The van der Waals surface area contributed by atoms with Crippen LogP contribution in [0.1, 0.15) is 0 Å². The molecule has 0 aromatic rings. The van der Waals surface area contributed by atoms with E-state index in [0.717, 1.165) is 24.3 Å². The summed E-state index contributed by atoms with van der Waals surface area (Å²) in [6.45, 7) is 0. The van der Waals surface area contributed by atoms with Crippen molar-refractivity contribution in [2.75, 3.05) is 0 Å². The summed E-state index contributed by atoms with van der Waals surface area (Å²) in [5.74, 6) is -1.70. The van der Waals surface area contributed by atoms with Gasteiger partial charge in [-0.15, -0.1) is 0 Å². The van der Waals surface area contributed by atoms with Crippen molar-refractivity contribution in [3.8, 4) is 0 Å². The van der Waals surface area contributed by atoms with E-state index in [0.29, 0.717) is 0 Å². The molecule has 8 heteroatoms. The van der Waals surface area contributed by atoms with E-state index in [-0.39, 0.29) is 25.9 Å². The minimum Gasteiger partial charge on any atom is -0.290 e. The van der Waals surface area contributed by atoms with E-state index in [1.807, 2.05) is 0 Å². The van der Waals surface area contributed by atoms with Crippen LogP contribution < -0.4 is 0 Å². The van der Waals surface area contributed by atoms with E-state index in [4.69, 9.17) is 46.4 Å². The Morgan fingerprint density at radius 2 is 0.900 bits per heavy atom. The molecule has 0 amide bonds. The molecule has 0 atom stereocenters. The number of Topliss-reactive ketones (excluding diaryl/α,β-unsaturated/α-hetero) is 1. The maximum atomic E-state index is 10.7. The van der Waals surface area contributed by atoms with Crippen LogP contribution in [-0.4, -0.2) is 23.1 Å². The van der Waals surface area contributed by atoms with Gasteiger partial charge in [-0.3, -0.25) is 19.2 Å². The smallest absolute Gasteiger partial charge is 0.215 e. The summed E-state index contributed by atoms with van der Waals surface area (Å²) in [6, 6.07) is 0. The molecule has 2 aliphatic carbocycles. The van der Waals surface area contributed by atoms with Crippen LogP contribution in [0.15, 0.2) is 44.4 Å². The molecule has 0 unspecified atom stereocenters. The average Bonchev–Trinajstić information content (AvgIpc) is 2.34. The first-order chi connectivity index (χ1) is 9.22. The van der Waals surface area contributed by atoms with Crippen molar-refractivity contribution >= 4 is 69.5 Å². The fraction of sp³-hybridized carbons (Fsp3) is 0. The molecule has 0 aromatic carbocycles. The third-order valence-electron chi connectivity index (χ3n) is 1.96. The van der Waals surface area contributed by atoms with Crippen LogP contribution in [-0.2, 0) is 19.2 Å². The van der Waals surface area contributed by atoms with Crippen molar-refractivity contribution in [1.82, 2.24) is 0 Å². The van der Waals surface area contributed by atoms with Gasteiger partial charge in [0.2, 0.25) is 5.78 Å². The highest BCUT2D eigenvalue weighted by Gasteiger charge is 2.18. The van der Waals surface area contributed by atoms with Gasteiger partial charge in [-0.05, 0) is 0 Å². The first-order valence-electron chi connectivity index (χ1n) is 4.88. The van der Waals surface area contributed by atoms with E-state index in [9.17, 15) is 19.2 Å². The molecule has 0 radical (unpaired) electrons. The Hall–Kier alpha value is -1.20. The molecule has 0 saturated heterocycles. The zero-order valence-electron chi connectivity index (χ0n) is 9.45. The topological polar surface area (TPSA) is 68.3 Å². The van der Waals surface area contributed by atoms with E-state index in [1.54, 1.807) is 0 Å². The number of halogens is 4. The minimum absolute atomic E-state index is 0.0885. The summed E-state index contributed by atoms with van der Waals surface area (Å²) in [5.41, 5.74) is 0. The van der Waals surface area contributed by atoms with E-state index >= 15 is 0 Å². The molecule has 0 aliphatic heterocycles. The molecule has 20 heavy (non-hydrogen) atoms. The Labute approximate surface area is 133 Å². The van der Waals surface area contributed by atoms with Gasteiger partial charge in [-0.1, -0.05) is 46.4 Å². The molecule has 0 N–H and O–H groups in total. The average molecular weight is 354 g/mol. The lowest BCUT2D eigenvalue weighted by Gasteiger charge is -2.00. The van der Waals surface area contributed by atoms with E-state index in [2.05, 4.69) is 0 Å². The molecule has 0 spiro atoms. The van der Waals surface area contributed by atoms with Crippen LogP contribution in [0.5, 0.6) is 0 Å². The molecule has 0 fully saturated rings. The van der Waals surface area contributed by atoms with E-state index in [1.165, 1.54) is 0 Å². The van der Waals surface area contributed by atoms with Gasteiger partial charge < -0.3 is 0 Å². The Kier molecular flexibility index (Phi) is 5.89. The summed E-state index contributed by atoms with van der Waals surface area (Å²) in [5, 5.41) is -0.432. The number of rotatable bonds is 0. The zero-order chi connectivity index (χ0) is 15.4. The lowest BCUT2D eigenvalue weighted by molar-refractivity contribution is -0.114. The molecule has 2 rings (SSSR count). The normalized spacial score (nSPS) is 18.6. The fourth-order valence-corrected chi connectivity index (χ4v) is 1.82. The summed E-state index contributed by atoms with van der Waals surface area (Å²) in [6.07, 6.45) is 4.09. The molecular weight excluding hydrogens is 350 g/mol. The van der Waals surface area contributed by atoms with Crippen LogP contribution in [0, 0.1) is 0 Å². The van der Waals surface area contributed by atoms with Crippen molar-refractivity contribution in [3.63, 3.8) is 0 Å². The summed E-state index contributed by atoms with van der Waals surface area (Å²) in [7, 11) is 0. The first kappa shape index (κ1) is 16.9. The first-order valence-corrected chi connectivity index (χ1v) is 6.39. The van der Waals surface area contributed by atoms with Crippen LogP contribution in [0.4, 0.5) is 0 Å². The minimum atomic E-state index is -0.497. The monoisotopic (exact) mass is 352 g/mol. The molecule has 104 valence electrons. The summed E-state index contributed by atoms with van der Waals surface area (Å²) in [4.78, 5) is 42.5. The largest absolute Gasteiger partial charge is 0.290 e. The molecular formula is C12H4Cl4O4. The van der Waals surface area contributed by atoms with Gasteiger partial charge in [0.05, 0.1) is 20.1 Å². The Morgan fingerprint density at radius 1 is 0.550 bits per heavy atom. The van der Waals surface area contributed by atoms with Gasteiger partial charge >= 0.3 is 0 Å².